The average Bonchev–Trinajstić information content (AvgIpc) is 3.41. The lowest BCUT2D eigenvalue weighted by Crippen LogP contribution is -2.43. The van der Waals surface area contributed by atoms with Crippen LogP contribution >= 0.6 is 23.1 Å². The van der Waals surface area contributed by atoms with Crippen LogP contribution in [0.3, 0.4) is 0 Å². The average molecular weight is 519 g/mol. The number of thioether (sulfide) groups is 1. The van der Waals surface area contributed by atoms with E-state index in [-0.39, 0.29) is 41.2 Å². The van der Waals surface area contributed by atoms with Gasteiger partial charge in [-0.15, -0.1) is 23.1 Å². The van der Waals surface area contributed by atoms with Crippen molar-refractivity contribution in [3.63, 3.8) is 0 Å². The van der Waals surface area contributed by atoms with Gasteiger partial charge >= 0.3 is 0 Å². The van der Waals surface area contributed by atoms with E-state index in [1.807, 2.05) is 41.8 Å². The zero-order valence-electron chi connectivity index (χ0n) is 19.3. The minimum Gasteiger partial charge on any atom is -0.352 e. The maximum Gasteiger partial charge on any atom is 0.240 e. The summed E-state index contributed by atoms with van der Waals surface area (Å²) < 4.78 is 15.5. The number of thiophene rings is 1. The number of carbonyl (C=O) groups is 2. The summed E-state index contributed by atoms with van der Waals surface area (Å²) in [5, 5.41) is 9.86. The first kappa shape index (κ1) is 23.0. The van der Waals surface area contributed by atoms with Crippen molar-refractivity contribution in [1.82, 2.24) is 15.1 Å². The molecule has 1 unspecified atom stereocenters. The molecule has 6 rings (SSSR count). The van der Waals surface area contributed by atoms with Crippen molar-refractivity contribution in [1.29, 1.82) is 0 Å². The number of benzene rings is 2. The first-order chi connectivity index (χ1) is 17.6. The van der Waals surface area contributed by atoms with E-state index in [9.17, 15) is 14.0 Å². The molecular weight excluding hydrogens is 495 g/mol. The Morgan fingerprint density at radius 2 is 1.83 bits per heavy atom. The van der Waals surface area contributed by atoms with Gasteiger partial charge in [0.15, 0.2) is 0 Å². The number of hydrogen-bond donors (Lipinski definition) is 1. The van der Waals surface area contributed by atoms with Gasteiger partial charge in [0.2, 0.25) is 11.8 Å². The Labute approximate surface area is 216 Å². The molecule has 182 valence electrons. The monoisotopic (exact) mass is 518 g/mol. The van der Waals surface area contributed by atoms with Crippen molar-refractivity contribution < 1.29 is 14.0 Å². The Hall–Kier alpha value is -3.43. The lowest BCUT2D eigenvalue weighted by molar-refractivity contribution is -0.123. The zero-order valence-corrected chi connectivity index (χ0v) is 20.9. The SMILES string of the molecule is O=C(CN1C(=O)CSC(c2cccs2)c2c(-c3ccccc3)nn(-c3ccc(F)cc3)c21)NC1CC1. The second kappa shape index (κ2) is 9.55. The molecule has 2 amide bonds. The molecule has 1 aliphatic carbocycles. The number of carbonyl (C=O) groups excluding carboxylic acids is 2. The van der Waals surface area contributed by atoms with Crippen LogP contribution in [0.5, 0.6) is 0 Å². The van der Waals surface area contributed by atoms with Crippen LogP contribution in [0.15, 0.2) is 72.1 Å². The van der Waals surface area contributed by atoms with Crippen molar-refractivity contribution in [2.75, 3.05) is 17.2 Å². The quantitative estimate of drug-likeness (QED) is 0.382. The summed E-state index contributed by atoms with van der Waals surface area (Å²) in [5.41, 5.74) is 3.15. The predicted molar refractivity (Wildman–Crippen MR) is 141 cm³/mol. The Morgan fingerprint density at radius 1 is 1.06 bits per heavy atom. The largest absolute Gasteiger partial charge is 0.352 e. The molecule has 0 spiro atoms. The Kier molecular flexibility index (Phi) is 6.10. The molecule has 2 aromatic heterocycles. The van der Waals surface area contributed by atoms with Crippen LogP contribution < -0.4 is 10.2 Å². The smallest absolute Gasteiger partial charge is 0.240 e. The highest BCUT2D eigenvalue weighted by atomic mass is 32.2. The number of hydrogen-bond acceptors (Lipinski definition) is 5. The van der Waals surface area contributed by atoms with E-state index in [0.29, 0.717) is 11.5 Å². The van der Waals surface area contributed by atoms with Crippen LogP contribution in [0, 0.1) is 5.82 Å². The third kappa shape index (κ3) is 4.44. The normalized spacial score (nSPS) is 17.5. The number of aromatic nitrogens is 2. The van der Waals surface area contributed by atoms with E-state index in [4.69, 9.17) is 5.10 Å². The Bertz CT molecular complexity index is 1400. The number of nitrogens with zero attached hydrogens (tertiary/aromatic N) is 3. The number of anilines is 1. The molecule has 2 aliphatic rings. The molecular formula is C27H23FN4O2S2. The fraction of sp³-hybridized carbons (Fsp3) is 0.222. The number of rotatable bonds is 6. The van der Waals surface area contributed by atoms with Gasteiger partial charge in [0.25, 0.3) is 0 Å². The Morgan fingerprint density at radius 3 is 2.53 bits per heavy atom. The first-order valence-electron chi connectivity index (χ1n) is 11.8. The molecule has 0 radical (unpaired) electrons. The van der Waals surface area contributed by atoms with E-state index in [2.05, 4.69) is 11.4 Å². The number of nitrogens with one attached hydrogen (secondary N) is 1. The maximum absolute atomic E-state index is 13.8. The highest BCUT2D eigenvalue weighted by Gasteiger charge is 2.38. The van der Waals surface area contributed by atoms with Crippen molar-refractivity contribution in [2.45, 2.75) is 24.1 Å². The van der Waals surface area contributed by atoms with Crippen molar-refractivity contribution in [2.24, 2.45) is 0 Å². The van der Waals surface area contributed by atoms with Crippen LogP contribution in [0.25, 0.3) is 16.9 Å². The Balaban J connectivity index is 1.59. The molecule has 2 aromatic carbocycles. The minimum absolute atomic E-state index is 0.0961. The number of amides is 2. The van der Waals surface area contributed by atoms with Crippen molar-refractivity contribution >= 4 is 40.7 Å². The predicted octanol–water partition coefficient (Wildman–Crippen LogP) is 5.19. The van der Waals surface area contributed by atoms with Gasteiger partial charge in [0.1, 0.15) is 18.2 Å². The molecule has 1 aliphatic heterocycles. The van der Waals surface area contributed by atoms with Gasteiger partial charge in [-0.2, -0.15) is 5.10 Å². The molecule has 6 nitrogen and oxygen atoms in total. The topological polar surface area (TPSA) is 67.2 Å². The summed E-state index contributed by atoms with van der Waals surface area (Å²) in [6, 6.07) is 20.1. The maximum atomic E-state index is 13.8. The van der Waals surface area contributed by atoms with Gasteiger partial charge in [-0.05, 0) is 48.6 Å². The molecule has 1 fully saturated rings. The van der Waals surface area contributed by atoms with Crippen molar-refractivity contribution in [3.05, 3.63) is 88.4 Å². The molecule has 1 saturated carbocycles. The standard InChI is InChI=1S/C27H23FN4O2S2/c28-18-8-12-20(13-9-18)32-27-24(25(30-32)17-5-2-1-3-6-17)26(21-7-4-14-35-21)36-16-23(34)31(27)15-22(33)29-19-10-11-19/h1-9,12-14,19,26H,10-11,15-16H2,(H,29,33). The molecule has 0 bridgehead atoms. The highest BCUT2D eigenvalue weighted by molar-refractivity contribution is 8.00. The molecule has 1 atom stereocenters. The van der Waals surface area contributed by atoms with Crippen molar-refractivity contribution in [3.8, 4) is 16.9 Å². The summed E-state index contributed by atoms with van der Waals surface area (Å²) in [5.74, 6) is 0.0773. The second-order valence-electron chi connectivity index (χ2n) is 8.87. The first-order valence-corrected chi connectivity index (χ1v) is 13.7. The third-order valence-electron chi connectivity index (χ3n) is 6.25. The molecule has 1 N–H and O–H groups in total. The van der Waals surface area contributed by atoms with E-state index in [0.717, 1.165) is 34.5 Å². The van der Waals surface area contributed by atoms with E-state index >= 15 is 0 Å². The van der Waals surface area contributed by atoms with E-state index < -0.39 is 0 Å². The fourth-order valence-corrected chi connectivity index (χ4v) is 6.58. The van der Waals surface area contributed by atoms with Gasteiger partial charge < -0.3 is 5.32 Å². The van der Waals surface area contributed by atoms with Gasteiger partial charge in [-0.25, -0.2) is 9.07 Å². The molecule has 4 aromatic rings. The molecule has 0 saturated heterocycles. The van der Waals surface area contributed by atoms with Gasteiger partial charge in [0.05, 0.1) is 22.4 Å². The zero-order chi connectivity index (χ0) is 24.6. The summed E-state index contributed by atoms with van der Waals surface area (Å²) in [6.07, 6.45) is 1.93. The van der Waals surface area contributed by atoms with E-state index in [1.165, 1.54) is 12.1 Å². The van der Waals surface area contributed by atoms with Gasteiger partial charge in [-0.1, -0.05) is 36.4 Å². The minimum atomic E-state index is -0.357. The van der Waals surface area contributed by atoms with Crippen LogP contribution in [-0.2, 0) is 9.59 Å². The van der Waals surface area contributed by atoms with E-state index in [1.54, 1.807) is 44.8 Å². The molecule has 9 heteroatoms. The third-order valence-corrected chi connectivity index (χ3v) is 8.58. The number of fused-ring (bicyclic) bond motifs is 1. The molecule has 3 heterocycles. The summed E-state index contributed by atoms with van der Waals surface area (Å²) in [6.45, 7) is -0.0961. The summed E-state index contributed by atoms with van der Waals surface area (Å²) in [7, 11) is 0. The summed E-state index contributed by atoms with van der Waals surface area (Å²) in [4.78, 5) is 29.1. The molecule has 36 heavy (non-hydrogen) atoms. The lowest BCUT2D eigenvalue weighted by Gasteiger charge is -2.23. The second-order valence-corrected chi connectivity index (χ2v) is 10.9. The van der Waals surface area contributed by atoms with Crippen LogP contribution in [-0.4, -0.2) is 39.9 Å². The number of halogens is 1. The van der Waals surface area contributed by atoms with Crippen LogP contribution in [0.2, 0.25) is 0 Å². The van der Waals surface area contributed by atoms with Gasteiger partial charge in [0, 0.05) is 22.0 Å². The highest BCUT2D eigenvalue weighted by Crippen LogP contribution is 2.49. The lowest BCUT2D eigenvalue weighted by atomic mass is 10.0. The van der Waals surface area contributed by atoms with Gasteiger partial charge in [-0.3, -0.25) is 14.5 Å². The fourth-order valence-electron chi connectivity index (χ4n) is 4.40. The van der Waals surface area contributed by atoms with Crippen LogP contribution in [0.1, 0.15) is 28.5 Å². The van der Waals surface area contributed by atoms with Crippen LogP contribution in [0.4, 0.5) is 10.2 Å². The summed E-state index contributed by atoms with van der Waals surface area (Å²) >= 11 is 3.17.